The Morgan fingerprint density at radius 2 is 1.59 bits per heavy atom. The Morgan fingerprint density at radius 1 is 1.00 bits per heavy atom. The summed E-state index contributed by atoms with van der Waals surface area (Å²) in [7, 11) is 5.57. The van der Waals surface area contributed by atoms with E-state index in [2.05, 4.69) is 0 Å². The number of hydrogen-bond acceptors (Lipinski definition) is 2. The van der Waals surface area contributed by atoms with Gasteiger partial charge in [-0.1, -0.05) is 6.07 Å². The van der Waals surface area contributed by atoms with Gasteiger partial charge in [0.2, 0.25) is 0 Å². The van der Waals surface area contributed by atoms with Gasteiger partial charge >= 0.3 is 11.7 Å². The molecule has 0 aromatic heterocycles. The predicted octanol–water partition coefficient (Wildman–Crippen LogP) is 5.56. The van der Waals surface area contributed by atoms with Crippen molar-refractivity contribution in [3.8, 4) is 0 Å². The number of alkyl halides is 6. The Kier molecular flexibility index (Phi) is 4.54. The number of halogens is 7. The summed E-state index contributed by atoms with van der Waals surface area (Å²) >= 11 is -0.820. The largest absolute Gasteiger partial charge is 0.446 e. The summed E-state index contributed by atoms with van der Waals surface area (Å²) in [5, 5.41) is 0. The molecule has 0 radical (unpaired) electrons. The molecule has 0 saturated carbocycles. The number of rotatable bonds is 2. The standard InChI is InChI=1S/C8H3ClF6S2/c9-17-5-3-1-2-4(7(10,11)12)6(5)16-8(13,14)15/h1-3H. The summed E-state index contributed by atoms with van der Waals surface area (Å²) < 4.78 is 74.0. The fraction of sp³-hybridized carbons (Fsp3) is 0.250. The molecule has 0 fully saturated rings. The highest BCUT2D eigenvalue weighted by molar-refractivity contribution is 8.21. The first kappa shape index (κ1) is 14.8. The van der Waals surface area contributed by atoms with Crippen LogP contribution in [0.4, 0.5) is 26.3 Å². The van der Waals surface area contributed by atoms with Gasteiger partial charge in [0.05, 0.1) is 5.56 Å². The Morgan fingerprint density at radius 3 is 2.00 bits per heavy atom. The zero-order valence-electron chi connectivity index (χ0n) is 7.69. The minimum absolute atomic E-state index is 0.274. The fourth-order valence-electron chi connectivity index (χ4n) is 1.02. The molecule has 96 valence electrons. The first-order valence-corrected chi connectivity index (χ1v) is 6.35. The molecule has 1 aromatic rings. The van der Waals surface area contributed by atoms with Gasteiger partial charge in [0.25, 0.3) is 0 Å². The Bertz CT molecular complexity index is 400. The maximum absolute atomic E-state index is 12.5. The van der Waals surface area contributed by atoms with Gasteiger partial charge in [-0.3, -0.25) is 0 Å². The Hall–Kier alpha value is -0.210. The molecule has 0 aliphatic rings. The molecule has 0 unspecified atom stereocenters. The molecule has 0 amide bonds. The lowest BCUT2D eigenvalue weighted by Gasteiger charge is -2.15. The Labute approximate surface area is 105 Å². The number of thioether (sulfide) groups is 1. The molecule has 0 bridgehead atoms. The molecule has 0 N–H and O–H groups in total. The third kappa shape index (κ3) is 4.18. The normalized spacial score (nSPS) is 12.9. The predicted molar refractivity (Wildman–Crippen MR) is 55.1 cm³/mol. The smallest absolute Gasteiger partial charge is 0.166 e. The second-order valence-corrected chi connectivity index (χ2v) is 4.89. The minimum Gasteiger partial charge on any atom is -0.166 e. The molecular weight excluding hydrogens is 310 g/mol. The average molecular weight is 313 g/mol. The lowest BCUT2D eigenvalue weighted by atomic mass is 10.2. The topological polar surface area (TPSA) is 0 Å². The lowest BCUT2D eigenvalue weighted by molar-refractivity contribution is -0.140. The van der Waals surface area contributed by atoms with Gasteiger partial charge < -0.3 is 0 Å². The molecular formula is C8H3ClF6S2. The van der Waals surface area contributed by atoms with Crippen LogP contribution in [0, 0.1) is 0 Å². The molecule has 0 heterocycles. The van der Waals surface area contributed by atoms with E-state index in [0.717, 1.165) is 12.1 Å². The van der Waals surface area contributed by atoms with Crippen molar-refractivity contribution >= 4 is 33.4 Å². The van der Waals surface area contributed by atoms with E-state index < -0.39 is 33.9 Å². The van der Waals surface area contributed by atoms with Crippen LogP contribution in [0.5, 0.6) is 0 Å². The fourth-order valence-corrected chi connectivity index (χ4v) is 2.80. The van der Waals surface area contributed by atoms with E-state index >= 15 is 0 Å². The van der Waals surface area contributed by atoms with Crippen molar-refractivity contribution in [2.24, 2.45) is 0 Å². The molecule has 17 heavy (non-hydrogen) atoms. The summed E-state index contributed by atoms with van der Waals surface area (Å²) in [4.78, 5) is -1.20. The van der Waals surface area contributed by atoms with Crippen molar-refractivity contribution in [1.82, 2.24) is 0 Å². The van der Waals surface area contributed by atoms with Crippen LogP contribution in [0.1, 0.15) is 5.56 Å². The van der Waals surface area contributed by atoms with Crippen LogP contribution >= 0.6 is 33.4 Å². The number of benzene rings is 1. The van der Waals surface area contributed by atoms with E-state index in [9.17, 15) is 26.3 Å². The van der Waals surface area contributed by atoms with Gasteiger partial charge in [-0.05, 0) is 45.6 Å². The van der Waals surface area contributed by atoms with Gasteiger partial charge in [0, 0.05) is 9.79 Å². The summed E-state index contributed by atoms with van der Waals surface area (Å²) in [6.07, 6.45) is -4.85. The van der Waals surface area contributed by atoms with Crippen LogP contribution in [0.15, 0.2) is 28.0 Å². The van der Waals surface area contributed by atoms with Gasteiger partial charge in [-0.25, -0.2) is 0 Å². The van der Waals surface area contributed by atoms with Gasteiger partial charge in [-0.15, -0.1) is 0 Å². The number of hydrogen-bond donors (Lipinski definition) is 0. The van der Waals surface area contributed by atoms with Crippen LogP contribution < -0.4 is 0 Å². The van der Waals surface area contributed by atoms with Crippen molar-refractivity contribution in [1.29, 1.82) is 0 Å². The van der Waals surface area contributed by atoms with Crippen LogP contribution in [0.2, 0.25) is 0 Å². The maximum Gasteiger partial charge on any atom is 0.446 e. The average Bonchev–Trinajstić information content (AvgIpc) is 2.13. The molecule has 0 saturated heterocycles. The quantitative estimate of drug-likeness (QED) is 0.517. The van der Waals surface area contributed by atoms with Crippen LogP contribution in [-0.2, 0) is 6.18 Å². The summed E-state index contributed by atoms with van der Waals surface area (Å²) in [5.74, 6) is 0. The first-order chi connectivity index (χ1) is 7.65. The molecule has 0 aliphatic carbocycles. The third-order valence-corrected chi connectivity index (χ3v) is 3.59. The SMILES string of the molecule is FC(F)(F)Sc1c(SCl)cccc1C(F)(F)F. The second-order valence-electron chi connectivity index (χ2n) is 2.76. The Balaban J connectivity index is 3.31. The van der Waals surface area contributed by atoms with Crippen molar-refractivity contribution in [2.75, 3.05) is 0 Å². The highest BCUT2D eigenvalue weighted by atomic mass is 35.7. The van der Waals surface area contributed by atoms with Gasteiger partial charge in [0.1, 0.15) is 0 Å². The highest BCUT2D eigenvalue weighted by Gasteiger charge is 2.39. The van der Waals surface area contributed by atoms with Crippen LogP contribution in [0.3, 0.4) is 0 Å². The monoisotopic (exact) mass is 312 g/mol. The minimum atomic E-state index is -4.85. The summed E-state index contributed by atoms with van der Waals surface area (Å²) in [6.45, 7) is 0. The van der Waals surface area contributed by atoms with Crippen LogP contribution in [0.25, 0.3) is 0 Å². The van der Waals surface area contributed by atoms with Crippen molar-refractivity contribution in [3.05, 3.63) is 23.8 Å². The third-order valence-electron chi connectivity index (χ3n) is 1.59. The van der Waals surface area contributed by atoms with Gasteiger partial charge in [-0.2, -0.15) is 26.3 Å². The summed E-state index contributed by atoms with van der Waals surface area (Å²) in [5.41, 5.74) is -6.15. The van der Waals surface area contributed by atoms with E-state index in [4.69, 9.17) is 10.7 Å². The van der Waals surface area contributed by atoms with Crippen molar-refractivity contribution in [3.63, 3.8) is 0 Å². The molecule has 0 spiro atoms. The molecule has 0 aliphatic heterocycles. The van der Waals surface area contributed by atoms with E-state index in [1.807, 2.05) is 0 Å². The molecule has 0 nitrogen and oxygen atoms in total. The maximum atomic E-state index is 12.5. The van der Waals surface area contributed by atoms with Crippen molar-refractivity contribution in [2.45, 2.75) is 21.5 Å². The van der Waals surface area contributed by atoms with E-state index in [1.165, 1.54) is 0 Å². The van der Waals surface area contributed by atoms with E-state index in [1.54, 1.807) is 0 Å². The zero-order valence-corrected chi connectivity index (χ0v) is 10.1. The molecule has 9 heteroatoms. The van der Waals surface area contributed by atoms with Crippen LogP contribution in [-0.4, -0.2) is 5.51 Å². The van der Waals surface area contributed by atoms with E-state index in [-0.39, 0.29) is 4.90 Å². The van der Waals surface area contributed by atoms with Crippen molar-refractivity contribution < 1.29 is 26.3 Å². The molecule has 0 atom stereocenters. The summed E-state index contributed by atoms with van der Waals surface area (Å²) in [6, 6.07) is 2.69. The lowest BCUT2D eigenvalue weighted by Crippen LogP contribution is -2.10. The molecule has 1 rings (SSSR count). The zero-order chi connectivity index (χ0) is 13.3. The second kappa shape index (κ2) is 5.19. The van der Waals surface area contributed by atoms with Gasteiger partial charge in [0.15, 0.2) is 0 Å². The molecule has 1 aromatic carbocycles. The highest BCUT2D eigenvalue weighted by Crippen LogP contribution is 2.48. The first-order valence-electron chi connectivity index (χ1n) is 3.89. The van der Waals surface area contributed by atoms with E-state index in [0.29, 0.717) is 17.0 Å².